The molecule has 0 fully saturated rings. The van der Waals surface area contributed by atoms with Gasteiger partial charge >= 0.3 is 0 Å². The van der Waals surface area contributed by atoms with Crippen molar-refractivity contribution in [3.05, 3.63) is 96.6 Å². The molecule has 0 aliphatic heterocycles. The van der Waals surface area contributed by atoms with E-state index in [0.717, 1.165) is 38.3 Å². The predicted octanol–water partition coefficient (Wildman–Crippen LogP) is 7.86. The Morgan fingerprint density at radius 1 is 0.471 bits per heavy atom. The molecule has 154 valence electrons. The first-order valence-electron chi connectivity index (χ1n) is 11.5. The molecule has 0 aliphatic carbocycles. The summed E-state index contributed by atoms with van der Waals surface area (Å²) in [5, 5.41) is 20.1. The molecule has 0 bridgehead atoms. The van der Waals surface area contributed by atoms with Crippen molar-refractivity contribution in [1.82, 2.24) is 8.80 Å². The second-order valence-corrected chi connectivity index (χ2v) is 9.26. The van der Waals surface area contributed by atoms with E-state index < -0.39 is 0 Å². The highest BCUT2D eigenvalue weighted by Gasteiger charge is 2.25. The molecule has 0 radical (unpaired) electrons. The lowest BCUT2D eigenvalue weighted by atomic mass is 10.0. The molecule has 0 atom stereocenters. The highest BCUT2D eigenvalue weighted by molar-refractivity contribution is 6.30. The first kappa shape index (κ1) is 16.8. The van der Waals surface area contributed by atoms with Gasteiger partial charge in [-0.15, -0.1) is 0 Å². The SMILES string of the molecule is N#Cc1c2c3cccc4c5ccccc5n(c2cc2c5cccc6c7ccccc7n(c12)c65)c43. The van der Waals surface area contributed by atoms with Gasteiger partial charge in [-0.25, -0.2) is 0 Å². The summed E-state index contributed by atoms with van der Waals surface area (Å²) in [6.07, 6.45) is 0. The van der Waals surface area contributed by atoms with Gasteiger partial charge in [0, 0.05) is 43.1 Å². The fourth-order valence-electron chi connectivity index (χ4n) is 6.59. The molecule has 9 aromatic rings. The maximum atomic E-state index is 10.6. The molecule has 34 heavy (non-hydrogen) atoms. The fourth-order valence-corrected chi connectivity index (χ4v) is 6.59. The van der Waals surface area contributed by atoms with Crippen LogP contribution in [-0.2, 0) is 0 Å². The van der Waals surface area contributed by atoms with Crippen LogP contribution in [0, 0.1) is 11.3 Å². The molecule has 0 saturated heterocycles. The lowest BCUT2D eigenvalue weighted by Gasteiger charge is -2.04. The summed E-state index contributed by atoms with van der Waals surface area (Å²) in [4.78, 5) is 0. The van der Waals surface area contributed by atoms with Crippen LogP contribution in [0.25, 0.3) is 76.2 Å². The van der Waals surface area contributed by atoms with Gasteiger partial charge in [0.15, 0.2) is 0 Å². The van der Waals surface area contributed by atoms with Gasteiger partial charge in [0.2, 0.25) is 0 Å². The summed E-state index contributed by atoms with van der Waals surface area (Å²) in [6.45, 7) is 0. The minimum atomic E-state index is 0.756. The Morgan fingerprint density at radius 3 is 1.68 bits per heavy atom. The van der Waals surface area contributed by atoms with Crippen LogP contribution >= 0.6 is 0 Å². The van der Waals surface area contributed by atoms with E-state index in [1.54, 1.807) is 0 Å². The molecule has 3 nitrogen and oxygen atoms in total. The quantitative estimate of drug-likeness (QED) is 0.241. The summed E-state index contributed by atoms with van der Waals surface area (Å²) < 4.78 is 4.68. The van der Waals surface area contributed by atoms with Crippen molar-refractivity contribution in [1.29, 1.82) is 5.26 Å². The van der Waals surface area contributed by atoms with Crippen LogP contribution in [0.5, 0.6) is 0 Å². The number of benzene rings is 5. The molecule has 4 heterocycles. The van der Waals surface area contributed by atoms with E-state index in [1.165, 1.54) is 43.5 Å². The molecule has 0 unspecified atom stereocenters. The van der Waals surface area contributed by atoms with Crippen LogP contribution in [0.1, 0.15) is 5.56 Å². The fraction of sp³-hybridized carbons (Fsp3) is 0. The maximum Gasteiger partial charge on any atom is 0.102 e. The van der Waals surface area contributed by atoms with Crippen molar-refractivity contribution in [3.63, 3.8) is 0 Å². The first-order valence-corrected chi connectivity index (χ1v) is 11.5. The Balaban J connectivity index is 1.69. The third kappa shape index (κ3) is 1.62. The van der Waals surface area contributed by atoms with E-state index in [4.69, 9.17) is 0 Å². The lowest BCUT2D eigenvalue weighted by molar-refractivity contribution is 1.35. The standard InChI is InChI=1S/C31H15N3/c32-16-24-28-22-12-6-10-20-17-7-1-3-13-25(17)33(30(20)22)27(28)15-23-21-11-5-9-19-18-8-2-4-14-26(18)34(29(19)21)31(23)24/h1-15H. The van der Waals surface area contributed by atoms with Gasteiger partial charge in [-0.05, 0) is 18.2 Å². The lowest BCUT2D eigenvalue weighted by Crippen LogP contribution is -1.88. The van der Waals surface area contributed by atoms with Crippen molar-refractivity contribution in [2.24, 2.45) is 0 Å². The second kappa shape index (κ2) is 5.39. The number of aromatic nitrogens is 2. The topological polar surface area (TPSA) is 32.6 Å². The van der Waals surface area contributed by atoms with Crippen LogP contribution in [0.4, 0.5) is 0 Å². The molecular formula is C31H15N3. The van der Waals surface area contributed by atoms with Gasteiger partial charge in [-0.3, -0.25) is 0 Å². The number of nitrogens with zero attached hydrogens (tertiary/aromatic N) is 3. The molecule has 0 spiro atoms. The molecule has 0 N–H and O–H groups in total. The summed E-state index contributed by atoms with van der Waals surface area (Å²) in [7, 11) is 0. The molecule has 4 aromatic heterocycles. The monoisotopic (exact) mass is 429 g/mol. The largest absolute Gasteiger partial charge is 0.308 e. The average Bonchev–Trinajstić information content (AvgIpc) is 3.60. The van der Waals surface area contributed by atoms with Gasteiger partial charge in [0.25, 0.3) is 0 Å². The van der Waals surface area contributed by atoms with Gasteiger partial charge in [0.05, 0.1) is 38.7 Å². The van der Waals surface area contributed by atoms with E-state index in [9.17, 15) is 5.26 Å². The Hall–Kier alpha value is -4.81. The third-order valence-electron chi connectivity index (χ3n) is 7.80. The zero-order valence-corrected chi connectivity index (χ0v) is 18.0. The van der Waals surface area contributed by atoms with Gasteiger partial charge in [0.1, 0.15) is 6.07 Å². The Morgan fingerprint density at radius 2 is 1.00 bits per heavy atom. The molecule has 3 heteroatoms. The van der Waals surface area contributed by atoms with Crippen molar-refractivity contribution >= 4 is 76.2 Å². The Labute approximate surface area is 192 Å². The van der Waals surface area contributed by atoms with E-state index in [2.05, 4.69) is 106 Å². The summed E-state index contributed by atoms with van der Waals surface area (Å²) >= 11 is 0. The Kier molecular flexibility index (Phi) is 2.66. The molecule has 0 amide bonds. The van der Waals surface area contributed by atoms with Crippen molar-refractivity contribution in [3.8, 4) is 6.07 Å². The van der Waals surface area contributed by atoms with Crippen molar-refractivity contribution < 1.29 is 0 Å². The van der Waals surface area contributed by atoms with E-state index >= 15 is 0 Å². The maximum absolute atomic E-state index is 10.6. The number of para-hydroxylation sites is 4. The number of hydrogen-bond acceptors (Lipinski definition) is 1. The van der Waals surface area contributed by atoms with Crippen LogP contribution in [0.2, 0.25) is 0 Å². The highest BCUT2D eigenvalue weighted by atomic mass is 14.9. The van der Waals surface area contributed by atoms with Crippen LogP contribution in [-0.4, -0.2) is 8.80 Å². The van der Waals surface area contributed by atoms with Crippen LogP contribution < -0.4 is 0 Å². The number of nitriles is 1. The Bertz CT molecular complexity index is 2330. The number of fused-ring (bicyclic) bond motifs is 12. The number of hydrogen-bond donors (Lipinski definition) is 0. The normalized spacial score (nSPS) is 12.7. The van der Waals surface area contributed by atoms with Gasteiger partial charge < -0.3 is 8.80 Å². The van der Waals surface area contributed by atoms with Crippen LogP contribution in [0.3, 0.4) is 0 Å². The minimum absolute atomic E-state index is 0.756. The van der Waals surface area contributed by atoms with E-state index in [1.807, 2.05) is 0 Å². The van der Waals surface area contributed by atoms with Gasteiger partial charge in [-0.1, -0.05) is 72.8 Å². The van der Waals surface area contributed by atoms with Crippen molar-refractivity contribution in [2.75, 3.05) is 0 Å². The zero-order valence-electron chi connectivity index (χ0n) is 18.0. The average molecular weight is 429 g/mol. The molecule has 0 aliphatic rings. The summed E-state index contributed by atoms with van der Waals surface area (Å²) in [5.41, 5.74) is 7.63. The molecule has 5 aromatic carbocycles. The van der Waals surface area contributed by atoms with E-state index in [-0.39, 0.29) is 0 Å². The molecule has 9 rings (SSSR count). The highest BCUT2D eigenvalue weighted by Crippen LogP contribution is 2.46. The van der Waals surface area contributed by atoms with Gasteiger partial charge in [-0.2, -0.15) is 5.26 Å². The minimum Gasteiger partial charge on any atom is -0.308 e. The third-order valence-corrected chi connectivity index (χ3v) is 7.80. The molecular weight excluding hydrogens is 414 g/mol. The van der Waals surface area contributed by atoms with E-state index in [0.29, 0.717) is 0 Å². The van der Waals surface area contributed by atoms with Crippen molar-refractivity contribution in [2.45, 2.75) is 0 Å². The summed E-state index contributed by atoms with van der Waals surface area (Å²) in [6, 6.07) is 35.1. The van der Waals surface area contributed by atoms with Crippen LogP contribution in [0.15, 0.2) is 91.0 Å². The smallest absolute Gasteiger partial charge is 0.102 e. The predicted molar refractivity (Wildman–Crippen MR) is 140 cm³/mol. The second-order valence-electron chi connectivity index (χ2n) is 9.26. The first-order chi connectivity index (χ1) is 16.9. The number of rotatable bonds is 0. The zero-order chi connectivity index (χ0) is 22.1. The summed E-state index contributed by atoms with van der Waals surface area (Å²) in [5.74, 6) is 0. The molecule has 0 saturated carbocycles.